The van der Waals surface area contributed by atoms with E-state index in [4.69, 9.17) is 4.74 Å². The van der Waals surface area contributed by atoms with Gasteiger partial charge in [-0.25, -0.2) is 13.9 Å². The Morgan fingerprint density at radius 3 is 2.57 bits per heavy atom. The highest BCUT2D eigenvalue weighted by atomic mass is 32.2. The largest absolute Gasteiger partial charge is 0.507 e. The first-order valence-corrected chi connectivity index (χ1v) is 11.1. The fourth-order valence-corrected chi connectivity index (χ4v) is 4.01. The normalized spacial score (nSPS) is 15.7. The van der Waals surface area contributed by atoms with Crippen LogP contribution in [0.2, 0.25) is 0 Å². The van der Waals surface area contributed by atoms with Crippen LogP contribution in [0.15, 0.2) is 52.5 Å². The van der Waals surface area contributed by atoms with Gasteiger partial charge < -0.3 is 9.84 Å². The van der Waals surface area contributed by atoms with Crippen LogP contribution in [0.5, 0.6) is 5.75 Å². The molecule has 1 aliphatic heterocycles. The van der Waals surface area contributed by atoms with Gasteiger partial charge in [0, 0.05) is 24.2 Å². The number of aryl methyl sites for hydroxylation is 1. The first kappa shape index (κ1) is 23.7. The summed E-state index contributed by atoms with van der Waals surface area (Å²) in [6, 6.07) is 11.9. The number of phenols is 1. The maximum Gasteiger partial charge on any atom is 0.271 e. The Morgan fingerprint density at radius 1 is 1.17 bits per heavy atom. The smallest absolute Gasteiger partial charge is 0.271 e. The highest BCUT2D eigenvalue weighted by Crippen LogP contribution is 2.19. The zero-order valence-electron chi connectivity index (χ0n) is 17.8. The number of carbonyl (C=O) groups is 1. The molecule has 1 atom stereocenters. The molecule has 0 aromatic heterocycles. The number of nitrogens with zero attached hydrogens (tertiary/aromatic N) is 2. The van der Waals surface area contributed by atoms with Crippen LogP contribution >= 0.6 is 0 Å². The molecular formula is C22H29N3O4S. The van der Waals surface area contributed by atoms with Crippen LogP contribution in [0.3, 0.4) is 0 Å². The molecule has 3 rings (SSSR count). The summed E-state index contributed by atoms with van der Waals surface area (Å²) in [6.45, 7) is 9.89. The van der Waals surface area contributed by atoms with Crippen molar-refractivity contribution in [2.24, 2.45) is 5.10 Å². The highest BCUT2D eigenvalue weighted by molar-refractivity contribution is 7.82. The molecule has 1 unspecified atom stereocenters. The molecule has 1 aliphatic rings. The van der Waals surface area contributed by atoms with Gasteiger partial charge in [-0.15, -0.1) is 0 Å². The number of nitrogens with one attached hydrogen (secondary N) is 1. The number of phenolic OH excluding ortho intramolecular Hbond substituents is 1. The highest BCUT2D eigenvalue weighted by Gasteiger charge is 2.19. The van der Waals surface area contributed by atoms with Crippen LogP contribution in [0.25, 0.3) is 0 Å². The molecule has 1 fully saturated rings. The van der Waals surface area contributed by atoms with E-state index in [0.717, 1.165) is 5.56 Å². The zero-order chi connectivity index (χ0) is 22.1. The van der Waals surface area contributed by atoms with E-state index in [1.54, 1.807) is 49.4 Å². The van der Waals surface area contributed by atoms with E-state index < -0.39 is 16.9 Å². The van der Waals surface area contributed by atoms with Crippen molar-refractivity contribution in [3.8, 4) is 5.75 Å². The summed E-state index contributed by atoms with van der Waals surface area (Å²) in [5, 5.41) is 14.1. The molecule has 30 heavy (non-hydrogen) atoms. The summed E-state index contributed by atoms with van der Waals surface area (Å²) in [7, 11) is -1.34. The van der Waals surface area contributed by atoms with E-state index in [2.05, 4.69) is 10.5 Å². The van der Waals surface area contributed by atoms with Crippen molar-refractivity contribution in [1.29, 1.82) is 0 Å². The van der Waals surface area contributed by atoms with Crippen molar-refractivity contribution in [3.05, 3.63) is 59.2 Å². The average Bonchev–Trinajstić information content (AvgIpc) is 2.80. The molecule has 2 aromatic carbocycles. The number of hydrogen-bond donors (Lipinski definition) is 2. The molecule has 0 saturated carbocycles. The molecule has 0 aliphatic carbocycles. The van der Waals surface area contributed by atoms with Gasteiger partial charge in [0.2, 0.25) is 0 Å². The third kappa shape index (κ3) is 6.22. The minimum absolute atomic E-state index is 0.101. The monoisotopic (exact) mass is 431 g/mol. The third-order valence-electron chi connectivity index (χ3n) is 4.37. The summed E-state index contributed by atoms with van der Waals surface area (Å²) < 4.78 is 19.8. The van der Waals surface area contributed by atoms with E-state index in [-0.39, 0.29) is 5.75 Å². The second-order valence-corrected chi connectivity index (χ2v) is 7.96. The lowest BCUT2D eigenvalue weighted by molar-refractivity contribution is 0.0752. The predicted molar refractivity (Wildman–Crippen MR) is 119 cm³/mol. The summed E-state index contributed by atoms with van der Waals surface area (Å²) >= 11 is 0. The summed E-state index contributed by atoms with van der Waals surface area (Å²) in [5.74, 6) is -0.309. The van der Waals surface area contributed by atoms with Crippen molar-refractivity contribution in [1.82, 2.24) is 9.73 Å². The number of hydrazone groups is 1. The number of hydrogen-bond acceptors (Lipinski definition) is 5. The molecule has 7 nitrogen and oxygen atoms in total. The Morgan fingerprint density at radius 2 is 1.87 bits per heavy atom. The lowest BCUT2D eigenvalue weighted by Gasteiger charge is -2.25. The van der Waals surface area contributed by atoms with Crippen LogP contribution < -0.4 is 5.43 Å². The van der Waals surface area contributed by atoms with E-state index in [1.165, 1.54) is 0 Å². The lowest BCUT2D eigenvalue weighted by atomic mass is 10.1. The van der Waals surface area contributed by atoms with Gasteiger partial charge in [-0.2, -0.15) is 5.10 Å². The van der Waals surface area contributed by atoms with Gasteiger partial charge in [0.15, 0.2) is 0 Å². The van der Waals surface area contributed by atoms with Gasteiger partial charge in [-0.1, -0.05) is 31.5 Å². The maximum absolute atomic E-state index is 12.7. The minimum atomic E-state index is -1.34. The van der Waals surface area contributed by atoms with Crippen LogP contribution in [0, 0.1) is 6.92 Å². The van der Waals surface area contributed by atoms with Gasteiger partial charge >= 0.3 is 0 Å². The predicted octanol–water partition coefficient (Wildman–Crippen LogP) is 3.24. The average molecular weight is 432 g/mol. The molecule has 2 N–H and O–H groups in total. The fraction of sp³-hybridized carbons (Fsp3) is 0.364. The molecule has 0 bridgehead atoms. The summed E-state index contributed by atoms with van der Waals surface area (Å²) in [6.07, 6.45) is 0. The van der Waals surface area contributed by atoms with Crippen LogP contribution in [-0.2, 0) is 15.7 Å². The first-order valence-electron chi connectivity index (χ1n) is 9.95. The van der Waals surface area contributed by atoms with Gasteiger partial charge in [-0.3, -0.25) is 4.79 Å². The second kappa shape index (κ2) is 11.6. The number of ether oxygens (including phenoxy) is 1. The zero-order valence-corrected chi connectivity index (χ0v) is 18.7. The molecule has 8 heteroatoms. The van der Waals surface area contributed by atoms with Crippen molar-refractivity contribution < 1.29 is 18.8 Å². The van der Waals surface area contributed by atoms with Crippen LogP contribution in [0.1, 0.15) is 42.3 Å². The molecule has 1 saturated heterocycles. The maximum atomic E-state index is 12.7. The number of morpholine rings is 1. The standard InChI is InChI=1S/C20H23N3O4S.C2H6/c1-14-6-7-19(24)18(12-14)15(2)21-22-20(25)16-4-3-5-17(13-16)28(26)23-8-10-27-11-9-23;1-2/h3-7,12-13,24H,8-11H2,1-2H3,(H,22,25);1-2H3/b21-15+;. The van der Waals surface area contributed by atoms with Crippen LogP contribution in [0.4, 0.5) is 0 Å². The Labute approximate surface area is 180 Å². The third-order valence-corrected chi connectivity index (χ3v) is 5.86. The minimum Gasteiger partial charge on any atom is -0.507 e. The van der Waals surface area contributed by atoms with E-state index in [1.807, 2.05) is 25.1 Å². The van der Waals surface area contributed by atoms with Gasteiger partial charge in [0.05, 0.1) is 23.8 Å². The van der Waals surface area contributed by atoms with E-state index in [9.17, 15) is 14.1 Å². The Bertz CT molecular complexity index is 924. The van der Waals surface area contributed by atoms with E-state index in [0.29, 0.717) is 48.0 Å². The van der Waals surface area contributed by atoms with Crippen molar-refractivity contribution >= 4 is 22.6 Å². The molecule has 0 spiro atoms. The van der Waals surface area contributed by atoms with Crippen molar-refractivity contribution in [3.63, 3.8) is 0 Å². The van der Waals surface area contributed by atoms with E-state index >= 15 is 0 Å². The Hall–Kier alpha value is -2.55. The van der Waals surface area contributed by atoms with Crippen LogP contribution in [-0.4, -0.2) is 51.5 Å². The first-order chi connectivity index (χ1) is 14.5. The molecule has 2 aromatic rings. The van der Waals surface area contributed by atoms with Gasteiger partial charge in [-0.05, 0) is 44.2 Å². The molecule has 162 valence electrons. The van der Waals surface area contributed by atoms with Crippen molar-refractivity contribution in [2.75, 3.05) is 26.3 Å². The number of rotatable bonds is 5. The topological polar surface area (TPSA) is 91.2 Å². The number of aromatic hydroxyl groups is 1. The quantitative estimate of drug-likeness (QED) is 0.562. The molecular weight excluding hydrogens is 402 g/mol. The number of benzene rings is 2. The molecule has 0 radical (unpaired) electrons. The molecule has 1 heterocycles. The lowest BCUT2D eigenvalue weighted by Crippen LogP contribution is -2.37. The second-order valence-electron chi connectivity index (χ2n) is 6.48. The van der Waals surface area contributed by atoms with Crippen molar-refractivity contribution in [2.45, 2.75) is 32.6 Å². The summed E-state index contributed by atoms with van der Waals surface area (Å²) in [4.78, 5) is 13.0. The number of carbonyl (C=O) groups excluding carboxylic acids is 1. The molecule has 1 amide bonds. The fourth-order valence-electron chi connectivity index (χ4n) is 2.81. The SMILES string of the molecule is C/C(=N\NC(=O)c1cccc(S(=O)N2CCOCC2)c1)c1cc(C)ccc1O.CC. The Kier molecular flexibility index (Phi) is 9.16. The van der Waals surface area contributed by atoms with Gasteiger partial charge in [0.1, 0.15) is 16.7 Å². The summed E-state index contributed by atoms with van der Waals surface area (Å²) in [5.41, 5.74) is 4.88. The number of amides is 1. The Balaban J connectivity index is 0.00000155. The van der Waals surface area contributed by atoms with Gasteiger partial charge in [0.25, 0.3) is 5.91 Å².